The molecule has 0 aromatic heterocycles. The van der Waals surface area contributed by atoms with Gasteiger partial charge in [-0.2, -0.15) is 8.42 Å². The molecule has 6 nitrogen and oxygen atoms in total. The minimum absolute atomic E-state index is 0.251. The number of aryl methyl sites for hydroxylation is 1. The Morgan fingerprint density at radius 3 is 2.48 bits per heavy atom. The molecule has 2 aromatic carbocycles. The van der Waals surface area contributed by atoms with Gasteiger partial charge in [-0.1, -0.05) is 35.9 Å². The van der Waals surface area contributed by atoms with Crippen molar-refractivity contribution in [3.05, 3.63) is 65.9 Å². The summed E-state index contributed by atoms with van der Waals surface area (Å²) in [7, 11) is -4.30. The van der Waals surface area contributed by atoms with Crippen LogP contribution in [0.4, 0.5) is 10.5 Å². The van der Waals surface area contributed by atoms with Gasteiger partial charge in [-0.15, -0.1) is 0 Å². The van der Waals surface area contributed by atoms with E-state index in [-0.39, 0.29) is 10.6 Å². The molecule has 120 valence electrons. The van der Waals surface area contributed by atoms with Crippen LogP contribution in [0.5, 0.6) is 0 Å². The predicted octanol–water partition coefficient (Wildman–Crippen LogP) is 3.03. The van der Waals surface area contributed by atoms with Gasteiger partial charge in [-0.05, 0) is 36.8 Å². The third kappa shape index (κ3) is 5.24. The second-order valence-electron chi connectivity index (χ2n) is 4.85. The highest BCUT2D eigenvalue weighted by molar-refractivity contribution is 7.85. The van der Waals surface area contributed by atoms with Crippen LogP contribution < -0.4 is 10.6 Å². The van der Waals surface area contributed by atoms with Crippen molar-refractivity contribution in [3.8, 4) is 0 Å². The van der Waals surface area contributed by atoms with Gasteiger partial charge in [-0.25, -0.2) is 4.79 Å². The Morgan fingerprint density at radius 2 is 1.83 bits per heavy atom. The molecule has 0 aliphatic rings. The molecular weight excluding hydrogens is 316 g/mol. The van der Waals surface area contributed by atoms with Gasteiger partial charge in [0.15, 0.2) is 0 Å². The average molecular weight is 332 g/mol. The van der Waals surface area contributed by atoms with Crippen molar-refractivity contribution in [2.45, 2.75) is 11.8 Å². The molecule has 23 heavy (non-hydrogen) atoms. The van der Waals surface area contributed by atoms with E-state index in [9.17, 15) is 13.2 Å². The molecule has 3 N–H and O–H groups in total. The van der Waals surface area contributed by atoms with Gasteiger partial charge >= 0.3 is 6.03 Å². The first-order chi connectivity index (χ1) is 10.8. The molecule has 0 heterocycles. The quantitative estimate of drug-likeness (QED) is 0.750. The second-order valence-corrected chi connectivity index (χ2v) is 6.27. The predicted molar refractivity (Wildman–Crippen MR) is 88.6 cm³/mol. The number of anilines is 1. The van der Waals surface area contributed by atoms with E-state index in [1.165, 1.54) is 30.5 Å². The molecule has 7 heteroatoms. The summed E-state index contributed by atoms with van der Waals surface area (Å²) in [6.45, 7) is 1.99. The van der Waals surface area contributed by atoms with Crippen molar-refractivity contribution in [2.75, 3.05) is 5.32 Å². The molecule has 0 saturated carbocycles. The lowest BCUT2D eigenvalue weighted by atomic mass is 10.1. The number of hydrogen-bond acceptors (Lipinski definition) is 3. The van der Waals surface area contributed by atoms with Crippen molar-refractivity contribution in [3.63, 3.8) is 0 Å². The highest BCUT2D eigenvalue weighted by atomic mass is 32.2. The summed E-state index contributed by atoms with van der Waals surface area (Å²) in [5.41, 5.74) is 2.33. The van der Waals surface area contributed by atoms with Gasteiger partial charge in [0.2, 0.25) is 0 Å². The van der Waals surface area contributed by atoms with Gasteiger partial charge in [-0.3, -0.25) is 4.55 Å². The molecule has 0 saturated heterocycles. The zero-order valence-electron chi connectivity index (χ0n) is 12.4. The summed E-state index contributed by atoms with van der Waals surface area (Å²) in [5.74, 6) is 0. The van der Waals surface area contributed by atoms with Crippen molar-refractivity contribution >= 4 is 27.9 Å². The van der Waals surface area contributed by atoms with Crippen molar-refractivity contribution in [2.24, 2.45) is 0 Å². The van der Waals surface area contributed by atoms with E-state index in [0.717, 1.165) is 11.1 Å². The summed E-state index contributed by atoms with van der Waals surface area (Å²) in [4.78, 5) is 11.4. The Balaban J connectivity index is 1.96. The Hall–Kier alpha value is -2.64. The number of hydrogen-bond donors (Lipinski definition) is 3. The van der Waals surface area contributed by atoms with Gasteiger partial charge in [0.25, 0.3) is 10.1 Å². The SMILES string of the molecule is Cc1ccc(/C=C/NC(=O)Nc2cccc(S(=O)(=O)O)c2)cc1. The maximum absolute atomic E-state index is 11.7. The number of benzene rings is 2. The summed E-state index contributed by atoms with van der Waals surface area (Å²) in [5, 5.41) is 4.98. The van der Waals surface area contributed by atoms with E-state index in [1.807, 2.05) is 31.2 Å². The maximum Gasteiger partial charge on any atom is 0.323 e. The topological polar surface area (TPSA) is 95.5 Å². The summed E-state index contributed by atoms with van der Waals surface area (Å²) in [6, 6.07) is 12.6. The largest absolute Gasteiger partial charge is 0.323 e. The lowest BCUT2D eigenvalue weighted by Crippen LogP contribution is -2.23. The zero-order chi connectivity index (χ0) is 16.9. The summed E-state index contributed by atoms with van der Waals surface area (Å²) >= 11 is 0. The molecule has 0 fully saturated rings. The standard InChI is InChI=1S/C16H16N2O4S/c1-12-5-7-13(8-6-12)9-10-17-16(19)18-14-3-2-4-15(11-14)23(20,21)22/h2-11H,1H3,(H2,17,18,19)(H,20,21,22)/b10-9+. The minimum atomic E-state index is -4.30. The van der Waals surface area contributed by atoms with Crippen molar-refractivity contribution in [1.29, 1.82) is 0 Å². The van der Waals surface area contributed by atoms with Gasteiger partial charge in [0, 0.05) is 11.9 Å². The Kier molecular flexibility index (Phi) is 5.15. The van der Waals surface area contributed by atoms with E-state index in [0.29, 0.717) is 0 Å². The molecule has 0 aliphatic heterocycles. The summed E-state index contributed by atoms with van der Waals surface area (Å²) < 4.78 is 31.0. The molecule has 0 bridgehead atoms. The molecule has 2 rings (SSSR count). The number of carbonyl (C=O) groups excluding carboxylic acids is 1. The highest BCUT2D eigenvalue weighted by Gasteiger charge is 2.10. The van der Waals surface area contributed by atoms with E-state index in [2.05, 4.69) is 10.6 Å². The second kappa shape index (κ2) is 7.08. The molecule has 0 atom stereocenters. The zero-order valence-corrected chi connectivity index (χ0v) is 13.2. The van der Waals surface area contributed by atoms with Gasteiger partial charge in [0.05, 0.1) is 4.90 Å². The number of urea groups is 1. The molecule has 0 radical (unpaired) electrons. The first-order valence-corrected chi connectivity index (χ1v) is 8.17. The van der Waals surface area contributed by atoms with Crippen LogP contribution in [-0.4, -0.2) is 19.0 Å². The monoisotopic (exact) mass is 332 g/mol. The summed E-state index contributed by atoms with van der Waals surface area (Å²) in [6.07, 6.45) is 3.21. The van der Waals surface area contributed by atoms with E-state index >= 15 is 0 Å². The maximum atomic E-state index is 11.7. The number of rotatable bonds is 4. The van der Waals surface area contributed by atoms with Crippen LogP contribution in [0.1, 0.15) is 11.1 Å². The molecule has 0 aliphatic carbocycles. The van der Waals surface area contributed by atoms with Gasteiger partial charge < -0.3 is 10.6 Å². The van der Waals surface area contributed by atoms with Crippen LogP contribution in [-0.2, 0) is 10.1 Å². The van der Waals surface area contributed by atoms with Crippen LogP contribution >= 0.6 is 0 Å². The van der Waals surface area contributed by atoms with E-state index in [1.54, 1.807) is 6.08 Å². The molecule has 2 aromatic rings. The van der Waals surface area contributed by atoms with Gasteiger partial charge in [0.1, 0.15) is 0 Å². The van der Waals surface area contributed by atoms with Crippen molar-refractivity contribution < 1.29 is 17.8 Å². The van der Waals surface area contributed by atoms with Crippen LogP contribution in [0.2, 0.25) is 0 Å². The van der Waals surface area contributed by atoms with Crippen LogP contribution in [0.25, 0.3) is 6.08 Å². The normalized spacial score (nSPS) is 11.4. The lowest BCUT2D eigenvalue weighted by molar-refractivity contribution is 0.255. The van der Waals surface area contributed by atoms with Crippen LogP contribution in [0.3, 0.4) is 0 Å². The Morgan fingerprint density at radius 1 is 1.13 bits per heavy atom. The molecule has 0 spiro atoms. The fourth-order valence-corrected chi connectivity index (χ4v) is 2.32. The smallest absolute Gasteiger partial charge is 0.314 e. The number of amides is 2. The lowest BCUT2D eigenvalue weighted by Gasteiger charge is -2.05. The van der Waals surface area contributed by atoms with Crippen molar-refractivity contribution in [1.82, 2.24) is 5.32 Å². The minimum Gasteiger partial charge on any atom is -0.314 e. The third-order valence-electron chi connectivity index (χ3n) is 2.96. The fraction of sp³-hybridized carbons (Fsp3) is 0.0625. The molecule has 2 amide bonds. The third-order valence-corrected chi connectivity index (χ3v) is 3.81. The molecular formula is C16H16N2O4S. The Labute approximate surface area is 134 Å². The number of nitrogens with one attached hydrogen (secondary N) is 2. The first kappa shape index (κ1) is 16.7. The average Bonchev–Trinajstić information content (AvgIpc) is 2.49. The fourth-order valence-electron chi connectivity index (χ4n) is 1.79. The number of carbonyl (C=O) groups is 1. The van der Waals surface area contributed by atoms with Crippen LogP contribution in [0, 0.1) is 6.92 Å². The van der Waals surface area contributed by atoms with Crippen LogP contribution in [0.15, 0.2) is 59.6 Å². The van der Waals surface area contributed by atoms with E-state index in [4.69, 9.17) is 4.55 Å². The first-order valence-electron chi connectivity index (χ1n) is 6.73. The Bertz CT molecular complexity index is 827. The van der Waals surface area contributed by atoms with E-state index < -0.39 is 16.1 Å². The molecule has 0 unspecified atom stereocenters. The highest BCUT2D eigenvalue weighted by Crippen LogP contribution is 2.14.